The summed E-state index contributed by atoms with van der Waals surface area (Å²) in [7, 11) is 0. The molecule has 0 spiro atoms. The number of aryl methyl sites for hydroxylation is 1. The predicted octanol–water partition coefficient (Wildman–Crippen LogP) is 2.32. The third-order valence-electron chi connectivity index (χ3n) is 2.70. The molecule has 0 aromatic carbocycles. The van der Waals surface area contributed by atoms with Crippen molar-refractivity contribution in [1.82, 2.24) is 14.7 Å². The SMILES string of the molecule is CCc1nc(Cn2ccc(C(=O)C(C)C)c2)no1. The Hall–Kier alpha value is -1.91. The minimum Gasteiger partial charge on any atom is -0.346 e. The molecule has 2 aromatic heterocycles. The van der Waals surface area contributed by atoms with E-state index in [4.69, 9.17) is 4.52 Å². The molecule has 0 aliphatic heterocycles. The first-order valence-corrected chi connectivity index (χ1v) is 6.11. The van der Waals surface area contributed by atoms with Crippen LogP contribution in [0.5, 0.6) is 0 Å². The molecular formula is C13H17N3O2. The van der Waals surface area contributed by atoms with Crippen LogP contribution in [-0.2, 0) is 13.0 Å². The number of rotatable bonds is 5. The van der Waals surface area contributed by atoms with E-state index in [0.29, 0.717) is 18.3 Å². The molecule has 2 heterocycles. The molecule has 96 valence electrons. The Kier molecular flexibility index (Phi) is 3.60. The Morgan fingerprint density at radius 2 is 2.28 bits per heavy atom. The lowest BCUT2D eigenvalue weighted by Gasteiger charge is -2.00. The van der Waals surface area contributed by atoms with Gasteiger partial charge in [0.25, 0.3) is 0 Å². The van der Waals surface area contributed by atoms with Crippen molar-refractivity contribution in [1.29, 1.82) is 0 Å². The Balaban J connectivity index is 2.08. The van der Waals surface area contributed by atoms with E-state index in [-0.39, 0.29) is 11.7 Å². The standard InChI is InChI=1S/C13H17N3O2/c1-4-12-14-11(15-18-12)8-16-6-5-10(7-16)13(17)9(2)3/h5-7,9H,4,8H2,1-3H3. The average molecular weight is 247 g/mol. The molecule has 0 bridgehead atoms. The van der Waals surface area contributed by atoms with Crippen LogP contribution in [0.1, 0.15) is 42.8 Å². The molecule has 0 unspecified atom stereocenters. The van der Waals surface area contributed by atoms with Gasteiger partial charge in [-0.25, -0.2) is 0 Å². The van der Waals surface area contributed by atoms with Gasteiger partial charge >= 0.3 is 0 Å². The minimum absolute atomic E-state index is 0.0118. The highest BCUT2D eigenvalue weighted by molar-refractivity contribution is 5.97. The van der Waals surface area contributed by atoms with E-state index in [1.54, 1.807) is 0 Å². The smallest absolute Gasteiger partial charge is 0.226 e. The van der Waals surface area contributed by atoms with Gasteiger partial charge in [0.1, 0.15) is 0 Å². The largest absolute Gasteiger partial charge is 0.346 e. The summed E-state index contributed by atoms with van der Waals surface area (Å²) in [5.41, 5.74) is 0.726. The number of Topliss-reactive ketones (excluding diaryl/α,β-unsaturated/α-hetero) is 1. The summed E-state index contributed by atoms with van der Waals surface area (Å²) in [6.07, 6.45) is 4.41. The van der Waals surface area contributed by atoms with Gasteiger partial charge in [-0.05, 0) is 6.07 Å². The van der Waals surface area contributed by atoms with Crippen LogP contribution in [-0.4, -0.2) is 20.5 Å². The van der Waals surface area contributed by atoms with E-state index < -0.39 is 0 Å². The average Bonchev–Trinajstić information content (AvgIpc) is 2.97. The van der Waals surface area contributed by atoms with Gasteiger partial charge in [-0.1, -0.05) is 25.9 Å². The number of hydrogen-bond donors (Lipinski definition) is 0. The molecule has 0 saturated heterocycles. The first-order chi connectivity index (χ1) is 8.60. The van der Waals surface area contributed by atoms with E-state index in [1.165, 1.54) is 0 Å². The van der Waals surface area contributed by atoms with Crippen molar-refractivity contribution in [2.45, 2.75) is 33.7 Å². The van der Waals surface area contributed by atoms with E-state index in [2.05, 4.69) is 10.1 Å². The van der Waals surface area contributed by atoms with Crippen LogP contribution in [0.3, 0.4) is 0 Å². The molecular weight excluding hydrogens is 230 g/mol. The zero-order chi connectivity index (χ0) is 13.1. The predicted molar refractivity (Wildman–Crippen MR) is 66.4 cm³/mol. The molecule has 2 aromatic rings. The maximum Gasteiger partial charge on any atom is 0.226 e. The van der Waals surface area contributed by atoms with Crippen molar-refractivity contribution in [3.63, 3.8) is 0 Å². The molecule has 0 saturated carbocycles. The quantitative estimate of drug-likeness (QED) is 0.761. The molecule has 0 radical (unpaired) electrons. The summed E-state index contributed by atoms with van der Waals surface area (Å²) in [6.45, 7) is 6.28. The van der Waals surface area contributed by atoms with Gasteiger partial charge in [-0.2, -0.15) is 4.98 Å². The highest BCUT2D eigenvalue weighted by Crippen LogP contribution is 2.10. The molecule has 5 nitrogen and oxygen atoms in total. The lowest BCUT2D eigenvalue weighted by atomic mass is 10.0. The van der Waals surface area contributed by atoms with Crippen LogP contribution in [0.25, 0.3) is 0 Å². The molecule has 0 aliphatic rings. The van der Waals surface area contributed by atoms with Crippen LogP contribution >= 0.6 is 0 Å². The monoisotopic (exact) mass is 247 g/mol. The normalized spacial score (nSPS) is 11.1. The zero-order valence-electron chi connectivity index (χ0n) is 10.9. The maximum atomic E-state index is 11.8. The Bertz CT molecular complexity index is 540. The second-order valence-corrected chi connectivity index (χ2v) is 4.55. The maximum absolute atomic E-state index is 11.8. The van der Waals surface area contributed by atoms with Crippen molar-refractivity contribution in [3.8, 4) is 0 Å². The van der Waals surface area contributed by atoms with Crippen LogP contribution in [0, 0.1) is 5.92 Å². The number of ketones is 1. The minimum atomic E-state index is 0.0118. The van der Waals surface area contributed by atoms with Gasteiger partial charge in [0.15, 0.2) is 11.6 Å². The molecule has 2 rings (SSSR count). The molecule has 0 fully saturated rings. The van der Waals surface area contributed by atoms with E-state index >= 15 is 0 Å². The van der Waals surface area contributed by atoms with E-state index in [1.807, 2.05) is 43.8 Å². The van der Waals surface area contributed by atoms with Gasteiger partial charge in [0, 0.05) is 30.3 Å². The van der Waals surface area contributed by atoms with Crippen molar-refractivity contribution in [2.75, 3.05) is 0 Å². The van der Waals surface area contributed by atoms with Crippen molar-refractivity contribution < 1.29 is 9.32 Å². The van der Waals surface area contributed by atoms with Gasteiger partial charge in [0.2, 0.25) is 5.89 Å². The van der Waals surface area contributed by atoms with Crippen LogP contribution in [0.2, 0.25) is 0 Å². The first-order valence-electron chi connectivity index (χ1n) is 6.11. The van der Waals surface area contributed by atoms with Crippen molar-refractivity contribution in [3.05, 3.63) is 35.7 Å². The number of carbonyl (C=O) groups excluding carboxylic acids is 1. The van der Waals surface area contributed by atoms with Crippen LogP contribution < -0.4 is 0 Å². The summed E-state index contributed by atoms with van der Waals surface area (Å²) in [6, 6.07) is 1.82. The summed E-state index contributed by atoms with van der Waals surface area (Å²) in [5.74, 6) is 1.43. The number of aromatic nitrogens is 3. The third kappa shape index (κ3) is 2.67. The molecule has 0 amide bonds. The van der Waals surface area contributed by atoms with E-state index in [9.17, 15) is 4.79 Å². The Labute approximate surface area is 106 Å². The van der Waals surface area contributed by atoms with Gasteiger partial charge < -0.3 is 9.09 Å². The van der Waals surface area contributed by atoms with E-state index in [0.717, 1.165) is 12.0 Å². The third-order valence-corrected chi connectivity index (χ3v) is 2.70. The second-order valence-electron chi connectivity index (χ2n) is 4.55. The lowest BCUT2D eigenvalue weighted by molar-refractivity contribution is 0.0939. The summed E-state index contributed by atoms with van der Waals surface area (Å²) < 4.78 is 6.93. The number of carbonyl (C=O) groups is 1. The lowest BCUT2D eigenvalue weighted by Crippen LogP contribution is -2.06. The zero-order valence-corrected chi connectivity index (χ0v) is 10.9. The Morgan fingerprint density at radius 3 is 2.89 bits per heavy atom. The summed E-state index contributed by atoms with van der Waals surface area (Å²) in [4.78, 5) is 16.0. The highest BCUT2D eigenvalue weighted by atomic mass is 16.5. The topological polar surface area (TPSA) is 60.9 Å². The fourth-order valence-corrected chi connectivity index (χ4v) is 1.68. The van der Waals surface area contributed by atoms with Crippen molar-refractivity contribution in [2.24, 2.45) is 5.92 Å². The molecule has 0 atom stereocenters. The molecule has 18 heavy (non-hydrogen) atoms. The fraction of sp³-hybridized carbons (Fsp3) is 0.462. The number of hydrogen-bond acceptors (Lipinski definition) is 4. The van der Waals surface area contributed by atoms with Crippen molar-refractivity contribution >= 4 is 5.78 Å². The van der Waals surface area contributed by atoms with Gasteiger partial charge in [-0.15, -0.1) is 0 Å². The fourth-order valence-electron chi connectivity index (χ4n) is 1.68. The molecule has 0 aliphatic carbocycles. The summed E-state index contributed by atoms with van der Waals surface area (Å²) >= 11 is 0. The van der Waals surface area contributed by atoms with Crippen LogP contribution in [0.4, 0.5) is 0 Å². The molecule has 0 N–H and O–H groups in total. The number of nitrogens with zero attached hydrogens (tertiary/aromatic N) is 3. The molecule has 5 heteroatoms. The van der Waals surface area contributed by atoms with Gasteiger partial charge in [-0.3, -0.25) is 4.79 Å². The Morgan fingerprint density at radius 1 is 1.50 bits per heavy atom. The summed E-state index contributed by atoms with van der Waals surface area (Å²) in [5, 5.41) is 3.88. The highest BCUT2D eigenvalue weighted by Gasteiger charge is 2.12. The first kappa shape index (κ1) is 12.5. The van der Waals surface area contributed by atoms with Gasteiger partial charge in [0.05, 0.1) is 6.54 Å². The second kappa shape index (κ2) is 5.16. The van der Waals surface area contributed by atoms with Crippen LogP contribution in [0.15, 0.2) is 23.0 Å².